The highest BCUT2D eigenvalue weighted by Crippen LogP contribution is 2.29. The molecule has 1 saturated heterocycles. The number of nitrogens with two attached hydrogens (primary N) is 1. The molecule has 4 atom stereocenters. The van der Waals surface area contributed by atoms with Crippen molar-refractivity contribution < 1.29 is 0 Å². The van der Waals surface area contributed by atoms with Crippen molar-refractivity contribution >= 4 is 0 Å². The lowest BCUT2D eigenvalue weighted by atomic mass is 9.97. The monoisotopic (exact) mass is 246 g/mol. The standard InChI is InChI=1S/C16H26N2/c1-4-15(18-10-12(2)13(3)11-18)16(17)14-8-6-5-7-9-14/h5-9,12-13,15-16H,4,10-11,17H2,1-3H3. The van der Waals surface area contributed by atoms with Crippen LogP contribution in [0.5, 0.6) is 0 Å². The van der Waals surface area contributed by atoms with Gasteiger partial charge in [-0.25, -0.2) is 0 Å². The molecule has 0 bridgehead atoms. The Labute approximate surface area is 111 Å². The molecule has 1 aliphatic rings. The molecule has 1 aliphatic heterocycles. The van der Waals surface area contributed by atoms with E-state index < -0.39 is 0 Å². The van der Waals surface area contributed by atoms with Gasteiger partial charge in [-0.3, -0.25) is 4.90 Å². The fraction of sp³-hybridized carbons (Fsp3) is 0.625. The molecule has 0 spiro atoms. The Morgan fingerprint density at radius 2 is 1.72 bits per heavy atom. The molecule has 2 rings (SSSR count). The highest BCUT2D eigenvalue weighted by molar-refractivity contribution is 5.20. The molecule has 1 aromatic carbocycles. The normalized spacial score (nSPS) is 28.2. The lowest BCUT2D eigenvalue weighted by Gasteiger charge is -2.32. The highest BCUT2D eigenvalue weighted by atomic mass is 15.2. The second kappa shape index (κ2) is 5.85. The van der Waals surface area contributed by atoms with E-state index in [0.29, 0.717) is 6.04 Å². The van der Waals surface area contributed by atoms with Crippen LogP contribution in [0.15, 0.2) is 30.3 Å². The molecule has 2 heteroatoms. The zero-order valence-corrected chi connectivity index (χ0v) is 11.8. The van der Waals surface area contributed by atoms with Gasteiger partial charge in [0.15, 0.2) is 0 Å². The van der Waals surface area contributed by atoms with E-state index in [4.69, 9.17) is 5.73 Å². The first-order valence-corrected chi connectivity index (χ1v) is 7.18. The number of hydrogen-bond donors (Lipinski definition) is 1. The van der Waals surface area contributed by atoms with Gasteiger partial charge in [-0.2, -0.15) is 0 Å². The summed E-state index contributed by atoms with van der Waals surface area (Å²) in [4.78, 5) is 2.59. The molecular formula is C16H26N2. The Morgan fingerprint density at radius 3 is 2.22 bits per heavy atom. The van der Waals surface area contributed by atoms with Crippen molar-refractivity contribution in [3.05, 3.63) is 35.9 Å². The van der Waals surface area contributed by atoms with Crippen LogP contribution in [0.3, 0.4) is 0 Å². The zero-order valence-electron chi connectivity index (χ0n) is 11.8. The molecule has 0 aromatic heterocycles. The summed E-state index contributed by atoms with van der Waals surface area (Å²) in [5.41, 5.74) is 7.74. The first-order chi connectivity index (χ1) is 8.63. The topological polar surface area (TPSA) is 29.3 Å². The van der Waals surface area contributed by atoms with E-state index in [1.54, 1.807) is 0 Å². The third kappa shape index (κ3) is 2.76. The van der Waals surface area contributed by atoms with Gasteiger partial charge in [0.05, 0.1) is 0 Å². The summed E-state index contributed by atoms with van der Waals surface area (Å²) in [6.45, 7) is 9.35. The van der Waals surface area contributed by atoms with E-state index in [9.17, 15) is 0 Å². The number of nitrogens with zero attached hydrogens (tertiary/aromatic N) is 1. The number of rotatable bonds is 4. The van der Waals surface area contributed by atoms with Gasteiger partial charge in [0, 0.05) is 25.2 Å². The average molecular weight is 246 g/mol. The maximum absolute atomic E-state index is 6.48. The largest absolute Gasteiger partial charge is 0.323 e. The third-order valence-electron chi connectivity index (χ3n) is 4.50. The summed E-state index contributed by atoms with van der Waals surface area (Å²) in [6, 6.07) is 11.1. The van der Waals surface area contributed by atoms with E-state index in [2.05, 4.69) is 56.0 Å². The SMILES string of the molecule is CCC(C(N)c1ccccc1)N1CC(C)C(C)C1. The number of hydrogen-bond acceptors (Lipinski definition) is 2. The van der Waals surface area contributed by atoms with Gasteiger partial charge in [0.2, 0.25) is 0 Å². The van der Waals surface area contributed by atoms with E-state index >= 15 is 0 Å². The quantitative estimate of drug-likeness (QED) is 0.884. The van der Waals surface area contributed by atoms with Crippen molar-refractivity contribution in [2.24, 2.45) is 17.6 Å². The van der Waals surface area contributed by atoms with Crippen LogP contribution in [-0.2, 0) is 0 Å². The van der Waals surface area contributed by atoms with Crippen LogP contribution in [0.25, 0.3) is 0 Å². The maximum Gasteiger partial charge on any atom is 0.0453 e. The summed E-state index contributed by atoms with van der Waals surface area (Å²) < 4.78 is 0. The molecule has 2 N–H and O–H groups in total. The minimum Gasteiger partial charge on any atom is -0.323 e. The Morgan fingerprint density at radius 1 is 1.17 bits per heavy atom. The maximum atomic E-state index is 6.48. The van der Waals surface area contributed by atoms with Crippen LogP contribution in [0, 0.1) is 11.8 Å². The molecule has 4 unspecified atom stereocenters. The molecular weight excluding hydrogens is 220 g/mol. The van der Waals surface area contributed by atoms with Crippen molar-refractivity contribution in [2.45, 2.75) is 39.3 Å². The molecule has 0 aliphatic carbocycles. The van der Waals surface area contributed by atoms with Crippen LogP contribution in [0.4, 0.5) is 0 Å². The summed E-state index contributed by atoms with van der Waals surface area (Å²) in [7, 11) is 0. The van der Waals surface area contributed by atoms with Crippen LogP contribution in [0.1, 0.15) is 38.8 Å². The molecule has 2 nitrogen and oxygen atoms in total. The summed E-state index contributed by atoms with van der Waals surface area (Å²) in [5.74, 6) is 1.59. The predicted molar refractivity (Wildman–Crippen MR) is 77.4 cm³/mol. The zero-order chi connectivity index (χ0) is 13.1. The molecule has 1 aromatic rings. The first-order valence-electron chi connectivity index (χ1n) is 7.18. The third-order valence-corrected chi connectivity index (χ3v) is 4.50. The van der Waals surface area contributed by atoms with Gasteiger partial charge in [0.1, 0.15) is 0 Å². The van der Waals surface area contributed by atoms with Gasteiger partial charge < -0.3 is 5.73 Å². The Hall–Kier alpha value is -0.860. The highest BCUT2D eigenvalue weighted by Gasteiger charge is 2.33. The van der Waals surface area contributed by atoms with E-state index in [1.807, 2.05) is 0 Å². The smallest absolute Gasteiger partial charge is 0.0453 e. The number of benzene rings is 1. The van der Waals surface area contributed by atoms with Crippen molar-refractivity contribution in [2.75, 3.05) is 13.1 Å². The molecule has 1 fully saturated rings. The van der Waals surface area contributed by atoms with Crippen LogP contribution in [-0.4, -0.2) is 24.0 Å². The fourth-order valence-electron chi connectivity index (χ4n) is 3.08. The summed E-state index contributed by atoms with van der Waals surface area (Å²) in [6.07, 6.45) is 1.12. The Balaban J connectivity index is 2.09. The van der Waals surface area contributed by atoms with Gasteiger partial charge in [-0.05, 0) is 23.8 Å². The van der Waals surface area contributed by atoms with Crippen molar-refractivity contribution in [3.8, 4) is 0 Å². The Bertz CT molecular complexity index is 353. The van der Waals surface area contributed by atoms with E-state index in [0.717, 1.165) is 18.3 Å². The van der Waals surface area contributed by atoms with E-state index in [-0.39, 0.29) is 6.04 Å². The molecule has 0 radical (unpaired) electrons. The fourth-order valence-corrected chi connectivity index (χ4v) is 3.08. The van der Waals surface area contributed by atoms with Gasteiger partial charge >= 0.3 is 0 Å². The van der Waals surface area contributed by atoms with E-state index in [1.165, 1.54) is 18.7 Å². The van der Waals surface area contributed by atoms with Crippen molar-refractivity contribution in [1.82, 2.24) is 4.90 Å². The lowest BCUT2D eigenvalue weighted by Crippen LogP contribution is -2.41. The van der Waals surface area contributed by atoms with Crippen LogP contribution in [0.2, 0.25) is 0 Å². The first kappa shape index (κ1) is 13.6. The van der Waals surface area contributed by atoms with Gasteiger partial charge in [-0.15, -0.1) is 0 Å². The summed E-state index contributed by atoms with van der Waals surface area (Å²) >= 11 is 0. The minimum atomic E-state index is 0.133. The summed E-state index contributed by atoms with van der Waals surface area (Å²) in [5, 5.41) is 0. The van der Waals surface area contributed by atoms with Crippen LogP contribution >= 0.6 is 0 Å². The van der Waals surface area contributed by atoms with Crippen LogP contribution < -0.4 is 5.73 Å². The van der Waals surface area contributed by atoms with Crippen molar-refractivity contribution in [1.29, 1.82) is 0 Å². The molecule has 18 heavy (non-hydrogen) atoms. The predicted octanol–water partition coefficient (Wildman–Crippen LogP) is 3.05. The lowest BCUT2D eigenvalue weighted by molar-refractivity contribution is 0.196. The van der Waals surface area contributed by atoms with Gasteiger partial charge in [-0.1, -0.05) is 51.1 Å². The molecule has 1 heterocycles. The number of likely N-dealkylation sites (tertiary alicyclic amines) is 1. The van der Waals surface area contributed by atoms with Crippen molar-refractivity contribution in [3.63, 3.8) is 0 Å². The molecule has 0 saturated carbocycles. The molecule has 100 valence electrons. The Kier molecular flexibility index (Phi) is 4.41. The second-order valence-corrected chi connectivity index (χ2v) is 5.82. The second-order valence-electron chi connectivity index (χ2n) is 5.82. The van der Waals surface area contributed by atoms with Gasteiger partial charge in [0.25, 0.3) is 0 Å². The average Bonchev–Trinajstić information content (AvgIpc) is 2.71. The molecule has 0 amide bonds. The minimum absolute atomic E-state index is 0.133.